The van der Waals surface area contributed by atoms with E-state index in [9.17, 15) is 9.90 Å². The molecule has 0 saturated heterocycles. The fourth-order valence-corrected chi connectivity index (χ4v) is 2.08. The maximum Gasteiger partial charge on any atom is 0.166 e. The highest BCUT2D eigenvalue weighted by Gasteiger charge is 2.14. The minimum atomic E-state index is 0.226. The highest BCUT2D eigenvalue weighted by Crippen LogP contribution is 2.31. The van der Waals surface area contributed by atoms with E-state index in [1.807, 2.05) is 19.9 Å². The van der Waals surface area contributed by atoms with Gasteiger partial charge in [-0.15, -0.1) is 0 Å². The van der Waals surface area contributed by atoms with Crippen LogP contribution in [0.15, 0.2) is 12.1 Å². The topological polar surface area (TPSA) is 42.2 Å². The zero-order valence-corrected chi connectivity index (χ0v) is 9.03. The molecule has 0 unspecified atom stereocenters. The van der Waals surface area contributed by atoms with Gasteiger partial charge in [-0.3, -0.25) is 4.79 Å². The standard InChI is InChI=1S/C12H13NO2/c1-7-4-9-8(2)10(6-14)13(3)12(9)11(15)5-7/h4-6,15H,1-3H3. The molecule has 0 saturated carbocycles. The fourth-order valence-electron chi connectivity index (χ4n) is 2.08. The van der Waals surface area contributed by atoms with Gasteiger partial charge in [0.1, 0.15) is 5.75 Å². The average Bonchev–Trinajstić information content (AvgIpc) is 2.39. The minimum Gasteiger partial charge on any atom is -0.506 e. The van der Waals surface area contributed by atoms with Crippen molar-refractivity contribution in [2.45, 2.75) is 13.8 Å². The van der Waals surface area contributed by atoms with Crippen LogP contribution in [0.4, 0.5) is 0 Å². The second kappa shape index (κ2) is 3.12. The number of fused-ring (bicyclic) bond motifs is 1. The molecule has 2 aromatic rings. The van der Waals surface area contributed by atoms with Crippen molar-refractivity contribution in [2.24, 2.45) is 7.05 Å². The monoisotopic (exact) mass is 203 g/mol. The Hall–Kier alpha value is -1.77. The summed E-state index contributed by atoms with van der Waals surface area (Å²) in [5.41, 5.74) is 3.25. The van der Waals surface area contributed by atoms with Crippen LogP contribution in [0.2, 0.25) is 0 Å². The summed E-state index contributed by atoms with van der Waals surface area (Å²) >= 11 is 0. The van der Waals surface area contributed by atoms with Crippen LogP contribution >= 0.6 is 0 Å². The van der Waals surface area contributed by atoms with Gasteiger partial charge in [0.05, 0.1) is 11.2 Å². The van der Waals surface area contributed by atoms with Crippen molar-refractivity contribution in [2.75, 3.05) is 0 Å². The van der Waals surface area contributed by atoms with Crippen molar-refractivity contribution in [3.63, 3.8) is 0 Å². The van der Waals surface area contributed by atoms with Crippen molar-refractivity contribution < 1.29 is 9.90 Å². The third-order valence-corrected chi connectivity index (χ3v) is 2.83. The van der Waals surface area contributed by atoms with Gasteiger partial charge in [-0.1, -0.05) is 0 Å². The molecule has 0 aliphatic carbocycles. The van der Waals surface area contributed by atoms with Crippen LogP contribution < -0.4 is 0 Å². The second-order valence-electron chi connectivity index (χ2n) is 3.87. The molecule has 0 spiro atoms. The Kier molecular flexibility index (Phi) is 2.03. The summed E-state index contributed by atoms with van der Waals surface area (Å²) in [6, 6.07) is 3.69. The number of benzene rings is 1. The Bertz CT molecular complexity index is 552. The number of aromatic hydroxyl groups is 1. The molecule has 0 atom stereocenters. The quantitative estimate of drug-likeness (QED) is 0.723. The summed E-state index contributed by atoms with van der Waals surface area (Å²) in [6.07, 6.45) is 0.824. The first-order chi connectivity index (χ1) is 7.06. The summed E-state index contributed by atoms with van der Waals surface area (Å²) in [4.78, 5) is 10.9. The lowest BCUT2D eigenvalue weighted by Gasteiger charge is -2.01. The molecule has 0 radical (unpaired) electrons. The van der Waals surface area contributed by atoms with Crippen molar-refractivity contribution in [1.82, 2.24) is 4.57 Å². The molecule has 3 heteroatoms. The number of hydrogen-bond donors (Lipinski definition) is 1. The predicted molar refractivity (Wildman–Crippen MR) is 59.4 cm³/mol. The number of aromatic nitrogens is 1. The normalized spacial score (nSPS) is 10.9. The van der Waals surface area contributed by atoms with Gasteiger partial charge in [-0.25, -0.2) is 0 Å². The summed E-state index contributed by atoms with van der Waals surface area (Å²) in [5, 5.41) is 10.8. The first-order valence-electron chi connectivity index (χ1n) is 4.80. The molecule has 1 aromatic heterocycles. The maximum absolute atomic E-state index is 10.9. The lowest BCUT2D eigenvalue weighted by atomic mass is 10.1. The van der Waals surface area contributed by atoms with Crippen LogP contribution in [0.5, 0.6) is 5.75 Å². The maximum atomic E-state index is 10.9. The van der Waals surface area contributed by atoms with E-state index in [0.29, 0.717) is 5.69 Å². The number of carbonyl (C=O) groups is 1. The van der Waals surface area contributed by atoms with Gasteiger partial charge in [0.25, 0.3) is 0 Å². The van der Waals surface area contributed by atoms with Crippen LogP contribution in [0.1, 0.15) is 21.6 Å². The van der Waals surface area contributed by atoms with E-state index in [1.165, 1.54) is 0 Å². The molecule has 15 heavy (non-hydrogen) atoms. The van der Waals surface area contributed by atoms with Crippen LogP contribution in [-0.4, -0.2) is 16.0 Å². The van der Waals surface area contributed by atoms with Crippen LogP contribution in [-0.2, 0) is 7.05 Å². The largest absolute Gasteiger partial charge is 0.506 e. The number of rotatable bonds is 1. The van der Waals surface area contributed by atoms with Crippen molar-refractivity contribution in [3.05, 3.63) is 29.0 Å². The molecule has 0 bridgehead atoms. The second-order valence-corrected chi connectivity index (χ2v) is 3.87. The lowest BCUT2D eigenvalue weighted by Crippen LogP contribution is -1.95. The molecule has 0 aliphatic heterocycles. The molecule has 1 aromatic carbocycles. The zero-order valence-electron chi connectivity index (χ0n) is 9.03. The summed E-state index contributed by atoms with van der Waals surface area (Å²) in [7, 11) is 1.79. The number of nitrogens with zero attached hydrogens (tertiary/aromatic N) is 1. The Morgan fingerprint density at radius 3 is 2.60 bits per heavy atom. The molecule has 1 heterocycles. The molecule has 0 aliphatic rings. The molecule has 2 rings (SSSR count). The third-order valence-electron chi connectivity index (χ3n) is 2.83. The van der Waals surface area contributed by atoms with Gasteiger partial charge in [-0.2, -0.15) is 0 Å². The first kappa shape index (κ1) is 9.77. The van der Waals surface area contributed by atoms with E-state index in [2.05, 4.69) is 0 Å². The van der Waals surface area contributed by atoms with Crippen molar-refractivity contribution in [3.8, 4) is 5.75 Å². The summed E-state index contributed by atoms with van der Waals surface area (Å²) in [5.74, 6) is 0.226. The number of phenolic OH excluding ortho intramolecular Hbond substituents is 1. The number of carbonyl (C=O) groups excluding carboxylic acids is 1. The number of hydrogen-bond acceptors (Lipinski definition) is 2. The van der Waals surface area contributed by atoms with Gasteiger partial charge in [0.15, 0.2) is 6.29 Å². The van der Waals surface area contributed by atoms with Gasteiger partial charge < -0.3 is 9.67 Å². The molecular weight excluding hydrogens is 190 g/mol. The molecule has 3 nitrogen and oxygen atoms in total. The first-order valence-corrected chi connectivity index (χ1v) is 4.80. The van der Waals surface area contributed by atoms with E-state index in [0.717, 1.165) is 28.3 Å². The summed E-state index contributed by atoms with van der Waals surface area (Å²) < 4.78 is 1.73. The Morgan fingerprint density at radius 1 is 1.33 bits per heavy atom. The molecule has 0 amide bonds. The van der Waals surface area contributed by atoms with Crippen LogP contribution in [0, 0.1) is 13.8 Å². The van der Waals surface area contributed by atoms with E-state index in [4.69, 9.17) is 0 Å². The molecular formula is C12H13NO2. The van der Waals surface area contributed by atoms with E-state index >= 15 is 0 Å². The van der Waals surface area contributed by atoms with Gasteiger partial charge in [0.2, 0.25) is 0 Å². The highest BCUT2D eigenvalue weighted by atomic mass is 16.3. The van der Waals surface area contributed by atoms with Crippen LogP contribution in [0.3, 0.4) is 0 Å². The SMILES string of the molecule is Cc1cc(O)c2c(c1)c(C)c(C=O)n2C. The fraction of sp³-hybridized carbons (Fsp3) is 0.250. The summed E-state index contributed by atoms with van der Waals surface area (Å²) in [6.45, 7) is 3.82. The highest BCUT2D eigenvalue weighted by molar-refractivity contribution is 5.96. The Labute approximate surface area is 87.9 Å². The Balaban J connectivity index is 3.01. The van der Waals surface area contributed by atoms with Crippen molar-refractivity contribution >= 4 is 17.2 Å². The van der Waals surface area contributed by atoms with E-state index < -0.39 is 0 Å². The predicted octanol–water partition coefficient (Wildman–Crippen LogP) is 2.31. The number of aryl methyl sites for hydroxylation is 3. The van der Waals surface area contributed by atoms with Gasteiger partial charge in [-0.05, 0) is 37.1 Å². The van der Waals surface area contributed by atoms with Gasteiger partial charge in [0, 0.05) is 12.4 Å². The average molecular weight is 203 g/mol. The lowest BCUT2D eigenvalue weighted by molar-refractivity contribution is 0.111. The smallest absolute Gasteiger partial charge is 0.166 e. The van der Waals surface area contributed by atoms with Crippen LogP contribution in [0.25, 0.3) is 10.9 Å². The number of aldehydes is 1. The van der Waals surface area contributed by atoms with E-state index in [1.54, 1.807) is 17.7 Å². The van der Waals surface area contributed by atoms with E-state index in [-0.39, 0.29) is 5.75 Å². The Morgan fingerprint density at radius 2 is 2.00 bits per heavy atom. The molecule has 1 N–H and O–H groups in total. The van der Waals surface area contributed by atoms with Gasteiger partial charge >= 0.3 is 0 Å². The zero-order chi connectivity index (χ0) is 11.2. The number of phenols is 1. The van der Waals surface area contributed by atoms with Crippen molar-refractivity contribution in [1.29, 1.82) is 0 Å². The molecule has 78 valence electrons. The molecule has 0 fully saturated rings. The third kappa shape index (κ3) is 1.23. The minimum absolute atomic E-state index is 0.226.